The summed E-state index contributed by atoms with van der Waals surface area (Å²) in [5.41, 5.74) is 1.23. The molecule has 1 atom stereocenters. The van der Waals surface area contributed by atoms with Gasteiger partial charge in [0.05, 0.1) is 0 Å². The highest BCUT2D eigenvalue weighted by atomic mass is 35.5. The van der Waals surface area contributed by atoms with Crippen LogP contribution in [0.3, 0.4) is 0 Å². The molecule has 0 aliphatic rings. The Balaban J connectivity index is 2.09. The van der Waals surface area contributed by atoms with Crippen LogP contribution in [-0.4, -0.2) is 11.2 Å². The standard InChI is InChI=1S/C14H15ClN2S/c1-10(11-6-8-12(18-2)9-7-11)16-14-5-3-4-13(15)17-14/h3-10H,1-2H3,(H,16,17). The van der Waals surface area contributed by atoms with Gasteiger partial charge in [-0.15, -0.1) is 11.8 Å². The minimum Gasteiger partial charge on any atom is -0.364 e. The molecule has 0 amide bonds. The van der Waals surface area contributed by atoms with Crippen LogP contribution in [0.4, 0.5) is 5.82 Å². The minimum absolute atomic E-state index is 0.201. The number of aromatic nitrogens is 1. The van der Waals surface area contributed by atoms with E-state index >= 15 is 0 Å². The fraction of sp³-hybridized carbons (Fsp3) is 0.214. The molecule has 0 fully saturated rings. The van der Waals surface area contributed by atoms with E-state index in [1.807, 2.05) is 12.1 Å². The van der Waals surface area contributed by atoms with Crippen molar-refractivity contribution in [3.8, 4) is 0 Å². The van der Waals surface area contributed by atoms with E-state index in [0.717, 1.165) is 5.82 Å². The molecular weight excluding hydrogens is 264 g/mol. The molecule has 0 bridgehead atoms. The Bertz CT molecular complexity index is 513. The van der Waals surface area contributed by atoms with Gasteiger partial charge in [-0.05, 0) is 43.0 Å². The van der Waals surface area contributed by atoms with E-state index in [4.69, 9.17) is 11.6 Å². The van der Waals surface area contributed by atoms with Gasteiger partial charge >= 0.3 is 0 Å². The Kier molecular flexibility index (Phi) is 4.50. The largest absolute Gasteiger partial charge is 0.364 e. The third kappa shape index (κ3) is 3.40. The van der Waals surface area contributed by atoms with Crippen LogP contribution in [-0.2, 0) is 0 Å². The van der Waals surface area contributed by atoms with E-state index in [2.05, 4.69) is 47.7 Å². The van der Waals surface area contributed by atoms with E-state index in [1.165, 1.54) is 10.5 Å². The lowest BCUT2D eigenvalue weighted by Crippen LogP contribution is -2.07. The smallest absolute Gasteiger partial charge is 0.131 e. The van der Waals surface area contributed by atoms with E-state index in [-0.39, 0.29) is 6.04 Å². The topological polar surface area (TPSA) is 24.9 Å². The average molecular weight is 279 g/mol. The Morgan fingerprint density at radius 3 is 2.50 bits per heavy atom. The zero-order valence-electron chi connectivity index (χ0n) is 10.4. The summed E-state index contributed by atoms with van der Waals surface area (Å²) >= 11 is 7.60. The van der Waals surface area contributed by atoms with Crippen molar-refractivity contribution >= 4 is 29.2 Å². The summed E-state index contributed by atoms with van der Waals surface area (Å²) in [6.45, 7) is 2.11. The summed E-state index contributed by atoms with van der Waals surface area (Å²) in [5, 5.41) is 3.84. The Hall–Kier alpha value is -1.19. The van der Waals surface area contributed by atoms with Crippen molar-refractivity contribution in [2.45, 2.75) is 17.9 Å². The van der Waals surface area contributed by atoms with Crippen molar-refractivity contribution in [1.29, 1.82) is 0 Å². The SMILES string of the molecule is CSc1ccc(C(C)Nc2cccc(Cl)n2)cc1. The van der Waals surface area contributed by atoms with Crippen LogP contribution >= 0.6 is 23.4 Å². The Morgan fingerprint density at radius 2 is 1.89 bits per heavy atom. The highest BCUT2D eigenvalue weighted by molar-refractivity contribution is 7.98. The number of nitrogens with one attached hydrogen (secondary N) is 1. The molecule has 2 aromatic rings. The second kappa shape index (κ2) is 6.12. The second-order valence-corrected chi connectivity index (χ2v) is 5.25. The van der Waals surface area contributed by atoms with Gasteiger partial charge in [0.25, 0.3) is 0 Å². The first-order valence-electron chi connectivity index (χ1n) is 5.72. The van der Waals surface area contributed by atoms with Crippen LogP contribution in [0.5, 0.6) is 0 Å². The molecule has 0 saturated carbocycles. The first-order chi connectivity index (χ1) is 8.69. The van der Waals surface area contributed by atoms with Crippen molar-refractivity contribution in [2.75, 3.05) is 11.6 Å². The van der Waals surface area contributed by atoms with E-state index < -0.39 is 0 Å². The van der Waals surface area contributed by atoms with Crippen LogP contribution in [0.1, 0.15) is 18.5 Å². The normalized spacial score (nSPS) is 12.2. The lowest BCUT2D eigenvalue weighted by atomic mass is 10.1. The van der Waals surface area contributed by atoms with Crippen LogP contribution < -0.4 is 5.32 Å². The molecule has 1 unspecified atom stereocenters. The van der Waals surface area contributed by atoms with Crippen molar-refractivity contribution < 1.29 is 0 Å². The van der Waals surface area contributed by atoms with E-state index in [1.54, 1.807) is 17.8 Å². The molecular formula is C14H15ClN2S. The fourth-order valence-corrected chi connectivity index (χ4v) is 2.26. The maximum absolute atomic E-state index is 5.86. The molecule has 1 aromatic heterocycles. The van der Waals surface area contributed by atoms with Gasteiger partial charge in [-0.2, -0.15) is 0 Å². The van der Waals surface area contributed by atoms with E-state index in [9.17, 15) is 0 Å². The number of thioether (sulfide) groups is 1. The third-order valence-corrected chi connectivity index (χ3v) is 3.65. The summed E-state index contributed by atoms with van der Waals surface area (Å²) in [7, 11) is 0. The maximum Gasteiger partial charge on any atom is 0.131 e. The van der Waals surface area contributed by atoms with Gasteiger partial charge in [-0.1, -0.05) is 29.8 Å². The summed E-state index contributed by atoms with van der Waals surface area (Å²) < 4.78 is 0. The second-order valence-electron chi connectivity index (χ2n) is 3.98. The fourth-order valence-electron chi connectivity index (χ4n) is 1.69. The quantitative estimate of drug-likeness (QED) is 0.652. The van der Waals surface area contributed by atoms with Gasteiger partial charge in [0.15, 0.2) is 0 Å². The molecule has 1 N–H and O–H groups in total. The summed E-state index contributed by atoms with van der Waals surface area (Å²) in [5.74, 6) is 0.795. The molecule has 2 nitrogen and oxygen atoms in total. The van der Waals surface area contributed by atoms with Gasteiger partial charge in [0, 0.05) is 10.9 Å². The highest BCUT2D eigenvalue weighted by Crippen LogP contribution is 2.22. The zero-order valence-corrected chi connectivity index (χ0v) is 11.9. The van der Waals surface area contributed by atoms with Crippen molar-refractivity contribution in [3.63, 3.8) is 0 Å². The summed E-state index contributed by atoms with van der Waals surface area (Å²) in [6.07, 6.45) is 2.08. The number of hydrogen-bond acceptors (Lipinski definition) is 3. The van der Waals surface area contributed by atoms with Gasteiger partial charge in [0.2, 0.25) is 0 Å². The Morgan fingerprint density at radius 1 is 1.17 bits per heavy atom. The van der Waals surface area contributed by atoms with Gasteiger partial charge in [-0.3, -0.25) is 0 Å². The number of pyridine rings is 1. The van der Waals surface area contributed by atoms with Crippen molar-refractivity contribution in [3.05, 3.63) is 53.2 Å². The van der Waals surface area contributed by atoms with Crippen LogP contribution in [0, 0.1) is 0 Å². The first kappa shape index (κ1) is 13.2. The minimum atomic E-state index is 0.201. The van der Waals surface area contributed by atoms with Crippen molar-refractivity contribution in [2.24, 2.45) is 0 Å². The third-order valence-electron chi connectivity index (χ3n) is 2.70. The number of benzene rings is 1. The monoisotopic (exact) mass is 278 g/mol. The molecule has 4 heteroatoms. The maximum atomic E-state index is 5.86. The molecule has 0 aliphatic carbocycles. The predicted molar refractivity (Wildman–Crippen MR) is 79.5 cm³/mol. The molecule has 1 heterocycles. The number of anilines is 1. The molecule has 0 spiro atoms. The molecule has 2 rings (SSSR count). The number of halogens is 1. The highest BCUT2D eigenvalue weighted by Gasteiger charge is 2.06. The summed E-state index contributed by atoms with van der Waals surface area (Å²) in [6, 6.07) is 14.3. The molecule has 94 valence electrons. The van der Waals surface area contributed by atoms with Crippen LogP contribution in [0.2, 0.25) is 5.15 Å². The van der Waals surface area contributed by atoms with Gasteiger partial charge in [-0.25, -0.2) is 4.98 Å². The molecule has 0 aliphatic heterocycles. The van der Waals surface area contributed by atoms with E-state index in [0.29, 0.717) is 5.15 Å². The lowest BCUT2D eigenvalue weighted by Gasteiger charge is -2.15. The van der Waals surface area contributed by atoms with Crippen LogP contribution in [0.15, 0.2) is 47.4 Å². The lowest BCUT2D eigenvalue weighted by molar-refractivity contribution is 0.873. The van der Waals surface area contributed by atoms with Crippen molar-refractivity contribution in [1.82, 2.24) is 4.98 Å². The van der Waals surface area contributed by atoms with Crippen LogP contribution in [0.25, 0.3) is 0 Å². The Labute approximate surface area is 117 Å². The molecule has 0 saturated heterocycles. The molecule has 18 heavy (non-hydrogen) atoms. The molecule has 0 radical (unpaired) electrons. The first-order valence-corrected chi connectivity index (χ1v) is 7.32. The van der Waals surface area contributed by atoms with Gasteiger partial charge < -0.3 is 5.32 Å². The number of hydrogen-bond donors (Lipinski definition) is 1. The summed E-state index contributed by atoms with van der Waals surface area (Å²) in [4.78, 5) is 5.49. The zero-order chi connectivity index (χ0) is 13.0. The van der Waals surface area contributed by atoms with Gasteiger partial charge in [0.1, 0.15) is 11.0 Å². The average Bonchev–Trinajstić information content (AvgIpc) is 2.39. The predicted octanol–water partition coefficient (Wildman–Crippen LogP) is 4.63. The number of rotatable bonds is 4. The molecule has 1 aromatic carbocycles. The number of nitrogens with zero attached hydrogens (tertiary/aromatic N) is 1.